The van der Waals surface area contributed by atoms with E-state index in [1.807, 2.05) is 0 Å². The highest BCUT2D eigenvalue weighted by molar-refractivity contribution is 6.24. The molecule has 0 unspecified atom stereocenters. The lowest BCUT2D eigenvalue weighted by atomic mass is 9.98. The summed E-state index contributed by atoms with van der Waals surface area (Å²) in [6, 6.07) is 7.95. The number of benzene rings is 1. The molecule has 0 amide bonds. The maximum absolute atomic E-state index is 11.4. The van der Waals surface area contributed by atoms with Crippen molar-refractivity contribution in [1.29, 1.82) is 0 Å². The standard InChI is InChI=1S/C15H8N2O6/c18-14(19)12(15(20)21)10-8-4-2-1-3-7(8)9-5-6-16-13(11(9)10)17(22)23/h1-6H,(H,18,19)(H,20,21). The highest BCUT2D eigenvalue weighted by Crippen LogP contribution is 2.48. The van der Waals surface area contributed by atoms with E-state index in [4.69, 9.17) is 0 Å². The summed E-state index contributed by atoms with van der Waals surface area (Å²) in [5, 5.41) is 29.8. The minimum absolute atomic E-state index is 0.0847. The van der Waals surface area contributed by atoms with Crippen molar-refractivity contribution in [3.05, 3.63) is 63.3 Å². The molecule has 0 radical (unpaired) electrons. The fourth-order valence-electron chi connectivity index (χ4n) is 2.70. The lowest BCUT2D eigenvalue weighted by Crippen LogP contribution is -2.14. The Hall–Kier alpha value is -3.55. The molecule has 3 rings (SSSR count). The zero-order chi connectivity index (χ0) is 16.7. The van der Waals surface area contributed by atoms with Crippen molar-refractivity contribution in [2.75, 3.05) is 0 Å². The summed E-state index contributed by atoms with van der Waals surface area (Å²) in [6.07, 6.45) is 1.23. The number of rotatable bonds is 3. The van der Waals surface area contributed by atoms with Gasteiger partial charge in [-0.05, 0) is 27.1 Å². The summed E-state index contributed by atoms with van der Waals surface area (Å²) in [4.78, 5) is 37.0. The fraction of sp³-hybridized carbons (Fsp3) is 0. The SMILES string of the molecule is O=C(O)C(C(=O)O)=C1c2ccccc2-c2ccnc([N+](=O)[O-])c21. The van der Waals surface area contributed by atoms with Crippen LogP contribution < -0.4 is 0 Å². The van der Waals surface area contributed by atoms with Crippen LogP contribution in [0, 0.1) is 10.1 Å². The maximum atomic E-state index is 11.4. The first-order valence-corrected chi connectivity index (χ1v) is 6.38. The van der Waals surface area contributed by atoms with Gasteiger partial charge < -0.3 is 20.3 Å². The molecular weight excluding hydrogens is 304 g/mol. The Kier molecular flexibility index (Phi) is 3.14. The number of hydrogen-bond acceptors (Lipinski definition) is 5. The molecule has 1 aliphatic carbocycles. The number of fused-ring (bicyclic) bond motifs is 3. The van der Waals surface area contributed by atoms with E-state index in [0.717, 1.165) is 0 Å². The number of nitrogens with zero attached hydrogens (tertiary/aromatic N) is 2. The molecule has 8 nitrogen and oxygen atoms in total. The molecule has 0 spiro atoms. The quantitative estimate of drug-likeness (QED) is 0.248. The predicted molar refractivity (Wildman–Crippen MR) is 77.6 cm³/mol. The number of hydrogen-bond donors (Lipinski definition) is 2. The number of nitro groups is 1. The number of aromatic nitrogens is 1. The van der Waals surface area contributed by atoms with Gasteiger partial charge in [-0.25, -0.2) is 9.59 Å². The Labute approximate surface area is 128 Å². The summed E-state index contributed by atoms with van der Waals surface area (Å²) in [5.74, 6) is -3.92. The molecule has 1 aliphatic rings. The van der Waals surface area contributed by atoms with Crippen LogP contribution in [0.4, 0.5) is 5.82 Å². The summed E-state index contributed by atoms with van der Waals surface area (Å²) in [6.45, 7) is 0. The monoisotopic (exact) mass is 312 g/mol. The van der Waals surface area contributed by atoms with E-state index in [2.05, 4.69) is 4.98 Å². The van der Waals surface area contributed by atoms with Gasteiger partial charge in [0.1, 0.15) is 6.20 Å². The van der Waals surface area contributed by atoms with Gasteiger partial charge in [0.25, 0.3) is 0 Å². The highest BCUT2D eigenvalue weighted by atomic mass is 16.6. The molecule has 0 saturated heterocycles. The second kappa shape index (κ2) is 5.02. The van der Waals surface area contributed by atoms with E-state index >= 15 is 0 Å². The zero-order valence-electron chi connectivity index (χ0n) is 11.4. The third-order valence-corrected chi connectivity index (χ3v) is 3.52. The van der Waals surface area contributed by atoms with Gasteiger partial charge in [-0.2, -0.15) is 0 Å². The van der Waals surface area contributed by atoms with Crippen molar-refractivity contribution < 1.29 is 24.7 Å². The molecule has 0 saturated carbocycles. The number of carboxylic acid groups (broad SMARTS) is 2. The molecule has 2 aromatic rings. The minimum Gasteiger partial charge on any atom is -0.477 e. The third kappa shape index (κ3) is 2.04. The molecule has 2 N–H and O–H groups in total. The molecule has 0 atom stereocenters. The molecule has 8 heteroatoms. The van der Waals surface area contributed by atoms with Gasteiger partial charge >= 0.3 is 17.8 Å². The Morgan fingerprint density at radius 2 is 1.61 bits per heavy atom. The number of pyridine rings is 1. The number of carbonyl (C=O) groups is 2. The average molecular weight is 312 g/mol. The maximum Gasteiger partial charge on any atom is 0.371 e. The van der Waals surface area contributed by atoms with Crippen LogP contribution in [0.3, 0.4) is 0 Å². The molecule has 0 fully saturated rings. The van der Waals surface area contributed by atoms with E-state index in [-0.39, 0.29) is 11.1 Å². The zero-order valence-corrected chi connectivity index (χ0v) is 11.4. The summed E-state index contributed by atoms with van der Waals surface area (Å²) < 4.78 is 0. The Bertz CT molecular complexity index is 900. The minimum atomic E-state index is -1.67. The smallest absolute Gasteiger partial charge is 0.371 e. The number of aliphatic carboxylic acids is 2. The van der Waals surface area contributed by atoms with E-state index in [1.54, 1.807) is 18.2 Å². The first-order valence-electron chi connectivity index (χ1n) is 6.38. The molecule has 0 bridgehead atoms. The van der Waals surface area contributed by atoms with Crippen molar-refractivity contribution in [2.45, 2.75) is 0 Å². The van der Waals surface area contributed by atoms with Gasteiger partial charge in [-0.15, -0.1) is 0 Å². The molecular formula is C15H8N2O6. The van der Waals surface area contributed by atoms with Crippen molar-refractivity contribution in [2.24, 2.45) is 0 Å². The van der Waals surface area contributed by atoms with Crippen LogP contribution in [0.15, 0.2) is 42.1 Å². The molecule has 1 heterocycles. The molecule has 1 aromatic carbocycles. The first-order chi connectivity index (χ1) is 10.9. The van der Waals surface area contributed by atoms with E-state index in [1.165, 1.54) is 18.3 Å². The van der Waals surface area contributed by atoms with E-state index in [9.17, 15) is 29.9 Å². The second-order valence-corrected chi connectivity index (χ2v) is 4.72. The summed E-state index contributed by atoms with van der Waals surface area (Å²) in [5.41, 5.74) is 0.0277. The average Bonchev–Trinajstić information content (AvgIpc) is 2.82. The van der Waals surface area contributed by atoms with Gasteiger partial charge in [-0.1, -0.05) is 24.3 Å². The van der Waals surface area contributed by atoms with Gasteiger partial charge in [-0.3, -0.25) is 0 Å². The van der Waals surface area contributed by atoms with Crippen LogP contribution in [0.2, 0.25) is 0 Å². The summed E-state index contributed by atoms with van der Waals surface area (Å²) in [7, 11) is 0. The van der Waals surface area contributed by atoms with Crippen LogP contribution >= 0.6 is 0 Å². The van der Waals surface area contributed by atoms with Crippen molar-refractivity contribution >= 4 is 23.3 Å². The van der Waals surface area contributed by atoms with Crippen molar-refractivity contribution in [3.8, 4) is 11.1 Å². The Morgan fingerprint density at radius 1 is 1.00 bits per heavy atom. The Morgan fingerprint density at radius 3 is 2.17 bits per heavy atom. The third-order valence-electron chi connectivity index (χ3n) is 3.52. The highest BCUT2D eigenvalue weighted by Gasteiger charge is 2.37. The Balaban J connectivity index is 2.53. The van der Waals surface area contributed by atoms with Crippen molar-refractivity contribution in [3.63, 3.8) is 0 Å². The second-order valence-electron chi connectivity index (χ2n) is 4.72. The molecule has 0 aliphatic heterocycles. The first kappa shape index (κ1) is 14.4. The van der Waals surface area contributed by atoms with Crippen LogP contribution in [-0.4, -0.2) is 32.1 Å². The van der Waals surface area contributed by atoms with Gasteiger partial charge in [0, 0.05) is 11.1 Å². The van der Waals surface area contributed by atoms with E-state index < -0.39 is 28.3 Å². The molecule has 114 valence electrons. The van der Waals surface area contributed by atoms with E-state index in [0.29, 0.717) is 16.7 Å². The summed E-state index contributed by atoms with van der Waals surface area (Å²) >= 11 is 0. The van der Waals surface area contributed by atoms with Gasteiger partial charge in [0.05, 0.1) is 5.56 Å². The lowest BCUT2D eigenvalue weighted by Gasteiger charge is -2.06. The predicted octanol–water partition coefficient (Wildman–Crippen LogP) is 1.94. The van der Waals surface area contributed by atoms with Gasteiger partial charge in [0.15, 0.2) is 5.57 Å². The number of carboxylic acids is 2. The topological polar surface area (TPSA) is 131 Å². The molecule has 1 aromatic heterocycles. The van der Waals surface area contributed by atoms with Crippen LogP contribution in [0.5, 0.6) is 0 Å². The van der Waals surface area contributed by atoms with Crippen molar-refractivity contribution in [1.82, 2.24) is 4.98 Å². The lowest BCUT2D eigenvalue weighted by molar-refractivity contribution is -0.389. The fourth-order valence-corrected chi connectivity index (χ4v) is 2.70. The largest absolute Gasteiger partial charge is 0.477 e. The van der Waals surface area contributed by atoms with Crippen LogP contribution in [0.1, 0.15) is 11.1 Å². The van der Waals surface area contributed by atoms with Crippen LogP contribution in [-0.2, 0) is 9.59 Å². The van der Waals surface area contributed by atoms with Gasteiger partial charge in [0.2, 0.25) is 0 Å². The van der Waals surface area contributed by atoms with Crippen LogP contribution in [0.25, 0.3) is 16.7 Å². The normalized spacial score (nSPS) is 11.6. The molecule has 23 heavy (non-hydrogen) atoms.